The molecule has 4 rings (SSSR count). The number of hydrazone groups is 1. The molecule has 11 heteroatoms. The van der Waals surface area contributed by atoms with E-state index in [1.165, 1.54) is 30.6 Å². The van der Waals surface area contributed by atoms with Crippen molar-refractivity contribution in [2.45, 2.75) is 0 Å². The average Bonchev–Trinajstić information content (AvgIpc) is 3.28. The Kier molecular flexibility index (Phi) is 8.15. The molecular formula is C24H15Cl4N3O3S. The van der Waals surface area contributed by atoms with Gasteiger partial charge in [-0.1, -0.05) is 46.4 Å². The fourth-order valence-corrected chi connectivity index (χ4v) is 4.62. The number of carbonyl (C=O) groups excluding carboxylic acids is 1. The van der Waals surface area contributed by atoms with E-state index in [0.29, 0.717) is 37.2 Å². The van der Waals surface area contributed by atoms with Gasteiger partial charge in [0.2, 0.25) is 5.13 Å². The zero-order chi connectivity index (χ0) is 24.9. The number of anilines is 1. The van der Waals surface area contributed by atoms with Gasteiger partial charge in [-0.2, -0.15) is 5.10 Å². The molecule has 1 aromatic heterocycles. The molecule has 4 aromatic rings. The summed E-state index contributed by atoms with van der Waals surface area (Å²) < 4.78 is 10.8. The second-order valence-electron chi connectivity index (χ2n) is 6.96. The minimum absolute atomic E-state index is 0.190. The lowest BCUT2D eigenvalue weighted by molar-refractivity contribution is 0.0730. The van der Waals surface area contributed by atoms with Gasteiger partial charge in [-0.3, -0.25) is 5.43 Å². The molecule has 0 radical (unpaired) electrons. The van der Waals surface area contributed by atoms with E-state index in [4.69, 9.17) is 55.9 Å². The van der Waals surface area contributed by atoms with Gasteiger partial charge in [0.1, 0.15) is 0 Å². The standard InChI is InChI=1S/C24H15Cl4N3O3S/c1-33-22-8-13(2-7-21(22)34-23(32)17-6-4-15(26)10-19(17)28)11-29-31-24-30-20(12-35-24)16-5-3-14(25)9-18(16)27/h2-12H,1H3,(H,30,31)/b29-11+. The molecule has 0 aliphatic carbocycles. The van der Waals surface area contributed by atoms with Gasteiger partial charge < -0.3 is 9.47 Å². The molecule has 6 nitrogen and oxygen atoms in total. The van der Waals surface area contributed by atoms with Gasteiger partial charge >= 0.3 is 5.97 Å². The third-order valence-corrected chi connectivity index (χ3v) is 6.47. The molecule has 35 heavy (non-hydrogen) atoms. The maximum atomic E-state index is 12.5. The first-order valence-electron chi connectivity index (χ1n) is 9.89. The van der Waals surface area contributed by atoms with Crippen LogP contribution in [-0.2, 0) is 0 Å². The van der Waals surface area contributed by atoms with Gasteiger partial charge in [0.15, 0.2) is 11.5 Å². The van der Waals surface area contributed by atoms with E-state index in [0.717, 1.165) is 5.56 Å². The third kappa shape index (κ3) is 6.25. The molecule has 3 aromatic carbocycles. The van der Waals surface area contributed by atoms with E-state index in [9.17, 15) is 4.79 Å². The number of benzene rings is 3. The molecule has 0 unspecified atom stereocenters. The first-order chi connectivity index (χ1) is 16.8. The smallest absolute Gasteiger partial charge is 0.345 e. The van der Waals surface area contributed by atoms with E-state index in [2.05, 4.69) is 15.5 Å². The van der Waals surface area contributed by atoms with Crippen LogP contribution >= 0.6 is 57.7 Å². The lowest BCUT2D eigenvalue weighted by atomic mass is 10.2. The summed E-state index contributed by atoms with van der Waals surface area (Å²) in [6.07, 6.45) is 1.58. The van der Waals surface area contributed by atoms with Gasteiger partial charge in [0, 0.05) is 21.0 Å². The van der Waals surface area contributed by atoms with Crippen LogP contribution in [0.2, 0.25) is 20.1 Å². The molecule has 0 aliphatic heterocycles. The summed E-state index contributed by atoms with van der Waals surface area (Å²) in [4.78, 5) is 17.0. The number of ether oxygens (including phenoxy) is 2. The second kappa shape index (κ2) is 11.3. The van der Waals surface area contributed by atoms with E-state index in [1.807, 2.05) is 11.4 Å². The molecule has 0 aliphatic rings. The monoisotopic (exact) mass is 565 g/mol. The number of nitrogens with zero attached hydrogens (tertiary/aromatic N) is 2. The Balaban J connectivity index is 1.43. The van der Waals surface area contributed by atoms with Crippen LogP contribution in [0.5, 0.6) is 11.5 Å². The predicted molar refractivity (Wildman–Crippen MR) is 143 cm³/mol. The molecule has 0 fully saturated rings. The molecule has 1 N–H and O–H groups in total. The van der Waals surface area contributed by atoms with Crippen molar-refractivity contribution < 1.29 is 14.3 Å². The number of hydrogen-bond acceptors (Lipinski definition) is 7. The Hall–Kier alpha value is -2.81. The Morgan fingerprint density at radius 1 is 0.971 bits per heavy atom. The zero-order valence-corrected chi connectivity index (χ0v) is 21.7. The summed E-state index contributed by atoms with van der Waals surface area (Å²) in [5.41, 5.74) is 5.27. The number of halogens is 4. The van der Waals surface area contributed by atoms with Crippen molar-refractivity contribution in [3.8, 4) is 22.8 Å². The Morgan fingerprint density at radius 3 is 2.43 bits per heavy atom. The second-order valence-corrected chi connectivity index (χ2v) is 9.50. The molecule has 0 bridgehead atoms. The summed E-state index contributed by atoms with van der Waals surface area (Å²) in [5.74, 6) is -0.0484. The van der Waals surface area contributed by atoms with E-state index in [-0.39, 0.29) is 16.3 Å². The van der Waals surface area contributed by atoms with Crippen molar-refractivity contribution in [3.63, 3.8) is 0 Å². The number of hydrogen-bond donors (Lipinski definition) is 1. The van der Waals surface area contributed by atoms with Gasteiger partial charge in [0.05, 0.1) is 34.6 Å². The van der Waals surface area contributed by atoms with Gasteiger partial charge in [0.25, 0.3) is 0 Å². The first-order valence-corrected chi connectivity index (χ1v) is 12.3. The zero-order valence-electron chi connectivity index (χ0n) is 17.9. The maximum Gasteiger partial charge on any atom is 0.345 e. The van der Waals surface area contributed by atoms with Gasteiger partial charge in [-0.25, -0.2) is 9.78 Å². The van der Waals surface area contributed by atoms with Crippen molar-refractivity contribution in [3.05, 3.63) is 91.2 Å². The minimum atomic E-state index is -0.631. The van der Waals surface area contributed by atoms with Crippen LogP contribution in [0.4, 0.5) is 5.13 Å². The number of thiazole rings is 1. The number of aromatic nitrogens is 1. The number of carbonyl (C=O) groups is 1. The van der Waals surface area contributed by atoms with E-state index in [1.54, 1.807) is 42.6 Å². The van der Waals surface area contributed by atoms with Crippen LogP contribution < -0.4 is 14.9 Å². The summed E-state index contributed by atoms with van der Waals surface area (Å²) in [7, 11) is 1.47. The molecule has 0 saturated heterocycles. The Morgan fingerprint density at radius 2 is 1.71 bits per heavy atom. The Labute approximate surface area is 225 Å². The molecule has 0 saturated carbocycles. The van der Waals surface area contributed by atoms with Crippen LogP contribution in [0.25, 0.3) is 11.3 Å². The molecular weight excluding hydrogens is 552 g/mol. The lowest BCUT2D eigenvalue weighted by Gasteiger charge is -2.10. The highest BCUT2D eigenvalue weighted by molar-refractivity contribution is 7.14. The topological polar surface area (TPSA) is 72.8 Å². The highest BCUT2D eigenvalue weighted by atomic mass is 35.5. The van der Waals surface area contributed by atoms with Gasteiger partial charge in [-0.15, -0.1) is 11.3 Å². The van der Waals surface area contributed by atoms with Crippen LogP contribution in [0.1, 0.15) is 15.9 Å². The lowest BCUT2D eigenvalue weighted by Crippen LogP contribution is -2.10. The van der Waals surface area contributed by atoms with Crippen LogP contribution in [0, 0.1) is 0 Å². The fourth-order valence-electron chi connectivity index (χ4n) is 2.97. The molecule has 0 amide bonds. The summed E-state index contributed by atoms with van der Waals surface area (Å²) in [5, 5.41) is 8.35. The van der Waals surface area contributed by atoms with Crippen LogP contribution in [-0.4, -0.2) is 24.3 Å². The average molecular weight is 567 g/mol. The first kappa shape index (κ1) is 25.3. The summed E-state index contributed by atoms with van der Waals surface area (Å²) in [6, 6.07) is 14.8. The van der Waals surface area contributed by atoms with Crippen molar-refractivity contribution in [1.29, 1.82) is 0 Å². The predicted octanol–water partition coefficient (Wildman–Crippen LogP) is 8.10. The fraction of sp³-hybridized carbons (Fsp3) is 0.0417. The molecule has 0 spiro atoms. The SMILES string of the molecule is COc1cc(/C=N/Nc2nc(-c3ccc(Cl)cc3Cl)cs2)ccc1OC(=O)c1ccc(Cl)cc1Cl. The van der Waals surface area contributed by atoms with Crippen LogP contribution in [0.15, 0.2) is 65.1 Å². The number of methoxy groups -OCH3 is 1. The normalized spacial score (nSPS) is 11.0. The number of rotatable bonds is 7. The number of esters is 1. The van der Waals surface area contributed by atoms with Crippen molar-refractivity contribution in [2.75, 3.05) is 12.5 Å². The third-order valence-electron chi connectivity index (χ3n) is 4.63. The summed E-state index contributed by atoms with van der Waals surface area (Å²) >= 11 is 25.6. The largest absolute Gasteiger partial charge is 0.493 e. The number of nitrogens with one attached hydrogen (secondary N) is 1. The van der Waals surface area contributed by atoms with Crippen molar-refractivity contribution in [1.82, 2.24) is 4.98 Å². The van der Waals surface area contributed by atoms with Crippen LogP contribution in [0.3, 0.4) is 0 Å². The Bertz CT molecular complexity index is 1430. The maximum absolute atomic E-state index is 12.5. The quantitative estimate of drug-likeness (QED) is 0.106. The highest BCUT2D eigenvalue weighted by Crippen LogP contribution is 2.33. The molecule has 178 valence electrons. The van der Waals surface area contributed by atoms with E-state index < -0.39 is 5.97 Å². The molecule has 0 atom stereocenters. The van der Waals surface area contributed by atoms with Gasteiger partial charge in [-0.05, 0) is 60.2 Å². The van der Waals surface area contributed by atoms with Crippen molar-refractivity contribution >= 4 is 75.1 Å². The highest BCUT2D eigenvalue weighted by Gasteiger charge is 2.16. The molecule has 1 heterocycles. The minimum Gasteiger partial charge on any atom is -0.493 e. The van der Waals surface area contributed by atoms with E-state index >= 15 is 0 Å². The summed E-state index contributed by atoms with van der Waals surface area (Å²) in [6.45, 7) is 0. The van der Waals surface area contributed by atoms with Crippen molar-refractivity contribution in [2.24, 2.45) is 5.10 Å².